The van der Waals surface area contributed by atoms with Crippen molar-refractivity contribution in [2.75, 3.05) is 7.11 Å². The topological polar surface area (TPSA) is 44.1 Å². The number of aldehydes is 1. The van der Waals surface area contributed by atoms with Gasteiger partial charge in [0, 0.05) is 17.6 Å². The highest BCUT2D eigenvalue weighted by atomic mass is 35.5. The molecular weight excluding hydrogens is 276 g/mol. The molecule has 0 aliphatic heterocycles. The summed E-state index contributed by atoms with van der Waals surface area (Å²) in [5.74, 6) is 1.24. The maximum Gasteiger partial charge on any atom is 0.166 e. The summed E-state index contributed by atoms with van der Waals surface area (Å²) in [4.78, 5) is 15.6. The molecule has 0 N–H and O–H groups in total. The first-order valence-corrected chi connectivity index (χ1v) is 6.38. The number of hydrogen-bond donors (Lipinski definition) is 0. The van der Waals surface area contributed by atoms with E-state index in [9.17, 15) is 4.79 Å². The van der Waals surface area contributed by atoms with Gasteiger partial charge >= 0.3 is 0 Å². The van der Waals surface area contributed by atoms with E-state index >= 15 is 0 Å². The van der Waals surface area contributed by atoms with Crippen LogP contribution in [0.4, 0.5) is 0 Å². The fraction of sp³-hybridized carbons (Fsp3) is 0.0667. The molecule has 3 aromatic rings. The van der Waals surface area contributed by atoms with Crippen LogP contribution in [0, 0.1) is 0 Å². The lowest BCUT2D eigenvalue weighted by Crippen LogP contribution is -2.02. The molecule has 100 valence electrons. The maximum absolute atomic E-state index is 11.3. The summed E-state index contributed by atoms with van der Waals surface area (Å²) in [7, 11) is 1.60. The molecule has 2 heterocycles. The van der Waals surface area contributed by atoms with E-state index in [-0.39, 0.29) is 0 Å². The van der Waals surface area contributed by atoms with Gasteiger partial charge in [-0.05, 0) is 30.3 Å². The van der Waals surface area contributed by atoms with Crippen LogP contribution in [0.3, 0.4) is 0 Å². The molecule has 0 saturated carbocycles. The standard InChI is InChI=1S/C15H11ClN2O2/c1-20-12-5-4-10-7-11(9-19)18(14(10)8-12)15-13(16)3-2-6-17-15/h2-9H,1H3. The van der Waals surface area contributed by atoms with Crippen LogP contribution in [0.1, 0.15) is 10.5 Å². The van der Waals surface area contributed by atoms with Crippen molar-refractivity contribution >= 4 is 28.8 Å². The summed E-state index contributed by atoms with van der Waals surface area (Å²) in [6.45, 7) is 0. The zero-order chi connectivity index (χ0) is 14.1. The predicted octanol–water partition coefficient (Wildman–Crippen LogP) is 3.50. The van der Waals surface area contributed by atoms with Crippen molar-refractivity contribution in [2.45, 2.75) is 0 Å². The second kappa shape index (κ2) is 4.98. The molecular formula is C15H11ClN2O2. The van der Waals surface area contributed by atoms with Crippen molar-refractivity contribution in [1.29, 1.82) is 0 Å². The SMILES string of the molecule is COc1ccc2cc(C=O)n(-c3ncccc3Cl)c2c1. The van der Waals surface area contributed by atoms with Crippen LogP contribution in [-0.2, 0) is 0 Å². The Kier molecular flexibility index (Phi) is 3.16. The molecule has 0 bridgehead atoms. The minimum absolute atomic E-state index is 0.482. The number of halogens is 1. The van der Waals surface area contributed by atoms with Crippen molar-refractivity contribution in [2.24, 2.45) is 0 Å². The number of fused-ring (bicyclic) bond motifs is 1. The summed E-state index contributed by atoms with van der Waals surface area (Å²) in [6.07, 6.45) is 2.43. The fourth-order valence-corrected chi connectivity index (χ4v) is 2.40. The van der Waals surface area contributed by atoms with E-state index in [1.807, 2.05) is 18.2 Å². The molecule has 0 radical (unpaired) electrons. The number of ether oxygens (including phenoxy) is 1. The summed E-state index contributed by atoms with van der Waals surface area (Å²) < 4.78 is 6.96. The largest absolute Gasteiger partial charge is 0.497 e. The Balaban J connectivity index is 2.37. The highest BCUT2D eigenvalue weighted by Crippen LogP contribution is 2.29. The number of hydrogen-bond acceptors (Lipinski definition) is 3. The maximum atomic E-state index is 11.3. The van der Waals surface area contributed by atoms with Crippen LogP contribution < -0.4 is 4.74 Å². The zero-order valence-corrected chi connectivity index (χ0v) is 11.5. The Labute approximate surface area is 120 Å². The van der Waals surface area contributed by atoms with E-state index in [1.54, 1.807) is 36.1 Å². The van der Waals surface area contributed by atoms with Crippen molar-refractivity contribution < 1.29 is 9.53 Å². The number of nitrogens with zero attached hydrogens (tertiary/aromatic N) is 2. The minimum Gasteiger partial charge on any atom is -0.497 e. The number of benzene rings is 1. The van der Waals surface area contributed by atoms with Crippen molar-refractivity contribution in [3.8, 4) is 11.6 Å². The molecule has 0 fully saturated rings. The van der Waals surface area contributed by atoms with E-state index in [0.717, 1.165) is 17.2 Å². The number of carbonyl (C=O) groups excluding carboxylic acids is 1. The molecule has 0 unspecified atom stereocenters. The molecule has 20 heavy (non-hydrogen) atoms. The molecule has 0 amide bonds. The van der Waals surface area contributed by atoms with Gasteiger partial charge < -0.3 is 4.74 Å². The van der Waals surface area contributed by atoms with Gasteiger partial charge in [-0.25, -0.2) is 4.98 Å². The van der Waals surface area contributed by atoms with Crippen LogP contribution in [0.25, 0.3) is 16.7 Å². The summed E-state index contributed by atoms with van der Waals surface area (Å²) in [6, 6.07) is 10.9. The fourth-order valence-electron chi connectivity index (χ4n) is 2.19. The normalized spacial score (nSPS) is 10.7. The third-order valence-corrected chi connectivity index (χ3v) is 3.41. The van der Waals surface area contributed by atoms with Gasteiger partial charge in [0.2, 0.25) is 0 Å². The van der Waals surface area contributed by atoms with Gasteiger partial charge in [0.1, 0.15) is 5.75 Å². The first-order valence-electron chi connectivity index (χ1n) is 6.00. The van der Waals surface area contributed by atoms with Crippen molar-refractivity contribution in [1.82, 2.24) is 9.55 Å². The van der Waals surface area contributed by atoms with E-state index in [0.29, 0.717) is 22.3 Å². The van der Waals surface area contributed by atoms with E-state index in [4.69, 9.17) is 16.3 Å². The predicted molar refractivity (Wildman–Crippen MR) is 78.0 cm³/mol. The van der Waals surface area contributed by atoms with Gasteiger partial charge in [0.25, 0.3) is 0 Å². The quantitative estimate of drug-likeness (QED) is 0.692. The molecule has 0 aliphatic rings. The second-order valence-electron chi connectivity index (χ2n) is 4.26. The molecule has 0 spiro atoms. The monoisotopic (exact) mass is 286 g/mol. The van der Waals surface area contributed by atoms with Gasteiger partial charge in [0.05, 0.1) is 23.3 Å². The van der Waals surface area contributed by atoms with Gasteiger partial charge in [-0.3, -0.25) is 9.36 Å². The number of aromatic nitrogens is 2. The minimum atomic E-state index is 0.482. The van der Waals surface area contributed by atoms with Crippen molar-refractivity contribution in [3.63, 3.8) is 0 Å². The smallest absolute Gasteiger partial charge is 0.166 e. The van der Waals surface area contributed by atoms with Gasteiger partial charge in [0.15, 0.2) is 12.1 Å². The zero-order valence-electron chi connectivity index (χ0n) is 10.7. The summed E-state index contributed by atoms with van der Waals surface area (Å²) in [5, 5.41) is 1.41. The van der Waals surface area contributed by atoms with Crippen LogP contribution >= 0.6 is 11.6 Å². The molecule has 4 nitrogen and oxygen atoms in total. The van der Waals surface area contributed by atoms with Gasteiger partial charge in [-0.15, -0.1) is 0 Å². The lowest BCUT2D eigenvalue weighted by Gasteiger charge is -2.09. The van der Waals surface area contributed by atoms with E-state index in [2.05, 4.69) is 4.98 Å². The van der Waals surface area contributed by atoms with Gasteiger partial charge in [-0.2, -0.15) is 0 Å². The Morgan fingerprint density at radius 1 is 1.30 bits per heavy atom. The number of methoxy groups -OCH3 is 1. The molecule has 2 aromatic heterocycles. The number of rotatable bonds is 3. The Hall–Kier alpha value is -2.33. The summed E-state index contributed by atoms with van der Waals surface area (Å²) in [5.41, 5.74) is 1.32. The third-order valence-electron chi connectivity index (χ3n) is 3.11. The Bertz CT molecular complexity index is 796. The molecule has 3 rings (SSSR count). The van der Waals surface area contributed by atoms with Crippen molar-refractivity contribution in [3.05, 3.63) is 53.3 Å². The first kappa shape index (κ1) is 12.7. The summed E-state index contributed by atoms with van der Waals surface area (Å²) >= 11 is 6.19. The molecule has 0 aliphatic carbocycles. The Morgan fingerprint density at radius 3 is 2.85 bits per heavy atom. The molecule has 0 atom stereocenters. The lowest BCUT2D eigenvalue weighted by molar-refractivity contribution is 0.111. The lowest BCUT2D eigenvalue weighted by atomic mass is 10.2. The average Bonchev–Trinajstić information content (AvgIpc) is 2.85. The van der Waals surface area contributed by atoms with E-state index in [1.165, 1.54) is 0 Å². The third kappa shape index (κ3) is 1.94. The van der Waals surface area contributed by atoms with Crippen LogP contribution in [0.15, 0.2) is 42.6 Å². The average molecular weight is 287 g/mol. The van der Waals surface area contributed by atoms with Gasteiger partial charge in [-0.1, -0.05) is 11.6 Å². The number of carbonyl (C=O) groups is 1. The molecule has 1 aromatic carbocycles. The second-order valence-corrected chi connectivity index (χ2v) is 4.66. The van der Waals surface area contributed by atoms with Crippen LogP contribution in [-0.4, -0.2) is 22.9 Å². The molecule has 0 saturated heterocycles. The number of pyridine rings is 1. The molecule has 5 heteroatoms. The van der Waals surface area contributed by atoms with Crippen LogP contribution in [0.5, 0.6) is 5.75 Å². The Morgan fingerprint density at radius 2 is 2.15 bits per heavy atom. The van der Waals surface area contributed by atoms with Crippen LogP contribution in [0.2, 0.25) is 5.02 Å². The highest BCUT2D eigenvalue weighted by molar-refractivity contribution is 6.32. The van der Waals surface area contributed by atoms with E-state index < -0.39 is 0 Å². The first-order chi connectivity index (χ1) is 9.74. The highest BCUT2D eigenvalue weighted by Gasteiger charge is 2.14.